The van der Waals surface area contributed by atoms with E-state index in [9.17, 15) is 13.2 Å². The molecule has 0 bridgehead atoms. The summed E-state index contributed by atoms with van der Waals surface area (Å²) in [5.41, 5.74) is 2.03. The molecule has 25 heavy (non-hydrogen) atoms. The summed E-state index contributed by atoms with van der Waals surface area (Å²) >= 11 is 0. The Morgan fingerprint density at radius 1 is 1.00 bits per heavy atom. The first-order valence-electron chi connectivity index (χ1n) is 8.01. The summed E-state index contributed by atoms with van der Waals surface area (Å²) in [6.45, 7) is 7.34. The fourth-order valence-corrected chi connectivity index (χ4v) is 3.69. The minimum absolute atomic E-state index is 0.146. The molecule has 2 aromatic carbocycles. The van der Waals surface area contributed by atoms with E-state index in [1.54, 1.807) is 13.8 Å². The van der Waals surface area contributed by atoms with Crippen molar-refractivity contribution in [1.82, 2.24) is 4.31 Å². The van der Waals surface area contributed by atoms with Gasteiger partial charge in [0.05, 0.1) is 10.5 Å². The lowest BCUT2D eigenvalue weighted by atomic mass is 10.1. The summed E-state index contributed by atoms with van der Waals surface area (Å²) in [5.74, 6) is 0.0160. The number of nitrogens with zero attached hydrogens (tertiary/aromatic N) is 1. The molecule has 2 aromatic rings. The second-order valence-corrected chi connectivity index (χ2v) is 8.25. The molecule has 0 unspecified atom stereocenters. The van der Waals surface area contributed by atoms with Gasteiger partial charge in [-0.3, -0.25) is 0 Å². The van der Waals surface area contributed by atoms with Crippen molar-refractivity contribution < 1.29 is 17.9 Å². The number of rotatable bonds is 5. The molecule has 134 valence electrons. The zero-order chi connectivity index (χ0) is 18.8. The zero-order valence-electron chi connectivity index (χ0n) is 15.1. The Labute approximate surface area is 149 Å². The largest absolute Gasteiger partial charge is 0.422 e. The highest BCUT2D eigenvalue weighted by Crippen LogP contribution is 2.24. The average molecular weight is 361 g/mol. The second-order valence-electron chi connectivity index (χ2n) is 6.25. The number of carbonyl (C=O) groups is 1. The third-order valence-electron chi connectivity index (χ3n) is 4.10. The molecule has 0 atom stereocenters. The third kappa shape index (κ3) is 4.08. The fraction of sp³-hybridized carbons (Fsp3) is 0.316. The van der Waals surface area contributed by atoms with Crippen molar-refractivity contribution in [3.63, 3.8) is 0 Å². The number of hydrogen-bond acceptors (Lipinski definition) is 4. The van der Waals surface area contributed by atoms with Crippen LogP contribution in [0.25, 0.3) is 0 Å². The monoisotopic (exact) mass is 361 g/mol. The van der Waals surface area contributed by atoms with Crippen molar-refractivity contribution in [2.75, 3.05) is 7.05 Å². The maximum absolute atomic E-state index is 12.4. The van der Waals surface area contributed by atoms with Crippen molar-refractivity contribution in [2.45, 2.75) is 38.6 Å². The van der Waals surface area contributed by atoms with Gasteiger partial charge >= 0.3 is 5.97 Å². The highest BCUT2D eigenvalue weighted by molar-refractivity contribution is 7.89. The van der Waals surface area contributed by atoms with Gasteiger partial charge < -0.3 is 4.74 Å². The van der Waals surface area contributed by atoms with Gasteiger partial charge in [-0.2, -0.15) is 4.31 Å². The predicted octanol–water partition coefficient (Wildman–Crippen LogP) is 3.55. The molecule has 0 heterocycles. The normalized spacial score (nSPS) is 11.8. The van der Waals surface area contributed by atoms with E-state index in [0.29, 0.717) is 11.3 Å². The lowest BCUT2D eigenvalue weighted by molar-refractivity contribution is 0.0732. The first kappa shape index (κ1) is 19.1. The number of carbonyl (C=O) groups excluding carboxylic acids is 1. The quantitative estimate of drug-likeness (QED) is 0.603. The van der Waals surface area contributed by atoms with E-state index in [-0.39, 0.29) is 10.9 Å². The summed E-state index contributed by atoms with van der Waals surface area (Å²) in [6.07, 6.45) is 0. The Bertz CT molecular complexity index is 851. The number of sulfonamides is 1. The van der Waals surface area contributed by atoms with E-state index in [2.05, 4.69) is 0 Å². The van der Waals surface area contributed by atoms with Crippen LogP contribution in [0.3, 0.4) is 0 Å². The van der Waals surface area contributed by atoms with Gasteiger partial charge in [0.25, 0.3) is 0 Å². The Balaban J connectivity index is 2.24. The lowest BCUT2D eigenvalue weighted by Gasteiger charge is -2.21. The Kier molecular flexibility index (Phi) is 5.65. The minimum Gasteiger partial charge on any atom is -0.422 e. The van der Waals surface area contributed by atoms with E-state index in [1.807, 2.05) is 32.0 Å². The van der Waals surface area contributed by atoms with Crippen LogP contribution in [0.1, 0.15) is 35.3 Å². The second kappa shape index (κ2) is 7.37. The molecule has 6 heteroatoms. The molecule has 0 spiro atoms. The van der Waals surface area contributed by atoms with Crippen molar-refractivity contribution in [1.29, 1.82) is 0 Å². The summed E-state index contributed by atoms with van der Waals surface area (Å²) in [7, 11) is -2.04. The van der Waals surface area contributed by atoms with Gasteiger partial charge in [0, 0.05) is 13.1 Å². The van der Waals surface area contributed by atoms with Crippen molar-refractivity contribution in [3.05, 3.63) is 59.2 Å². The van der Waals surface area contributed by atoms with Crippen molar-refractivity contribution in [3.8, 4) is 5.75 Å². The number of para-hydroxylation sites is 1. The van der Waals surface area contributed by atoms with Crippen LogP contribution >= 0.6 is 0 Å². The number of aryl methyl sites for hydroxylation is 2. The Morgan fingerprint density at radius 3 is 2.00 bits per heavy atom. The molecule has 2 rings (SSSR count). The summed E-state index contributed by atoms with van der Waals surface area (Å²) in [5, 5.41) is 0. The molecule has 5 nitrogen and oxygen atoms in total. The summed E-state index contributed by atoms with van der Waals surface area (Å²) in [6, 6.07) is 11.3. The summed E-state index contributed by atoms with van der Waals surface area (Å²) in [4.78, 5) is 12.5. The molecule has 0 fully saturated rings. The highest BCUT2D eigenvalue weighted by atomic mass is 32.2. The van der Waals surface area contributed by atoms with E-state index in [4.69, 9.17) is 4.74 Å². The molecular formula is C19H23NO4S. The van der Waals surface area contributed by atoms with Crippen LogP contribution in [-0.4, -0.2) is 31.8 Å². The smallest absolute Gasteiger partial charge is 0.343 e. The van der Waals surface area contributed by atoms with Crippen LogP contribution in [0, 0.1) is 13.8 Å². The Morgan fingerprint density at radius 2 is 1.52 bits per heavy atom. The van der Waals surface area contributed by atoms with Crippen LogP contribution in [0.5, 0.6) is 5.75 Å². The molecule has 0 aromatic heterocycles. The number of ether oxygens (including phenoxy) is 1. The van der Waals surface area contributed by atoms with Gasteiger partial charge in [0.2, 0.25) is 10.0 Å². The number of hydrogen-bond donors (Lipinski definition) is 0. The maximum atomic E-state index is 12.4. The molecular weight excluding hydrogens is 338 g/mol. The molecule has 0 N–H and O–H groups in total. The van der Waals surface area contributed by atoms with Crippen molar-refractivity contribution >= 4 is 16.0 Å². The van der Waals surface area contributed by atoms with Gasteiger partial charge in [-0.1, -0.05) is 18.2 Å². The van der Waals surface area contributed by atoms with Crippen LogP contribution in [0.4, 0.5) is 0 Å². The molecule has 0 amide bonds. The zero-order valence-corrected chi connectivity index (χ0v) is 15.9. The van der Waals surface area contributed by atoms with Crippen LogP contribution in [0.15, 0.2) is 47.4 Å². The van der Waals surface area contributed by atoms with Gasteiger partial charge in [-0.05, 0) is 63.1 Å². The first-order valence-corrected chi connectivity index (χ1v) is 9.45. The molecule has 0 aliphatic carbocycles. The number of esters is 1. The van der Waals surface area contributed by atoms with E-state index < -0.39 is 16.0 Å². The average Bonchev–Trinajstić information content (AvgIpc) is 2.57. The molecule has 0 aliphatic heterocycles. The lowest BCUT2D eigenvalue weighted by Crippen LogP contribution is -2.33. The molecule has 0 saturated carbocycles. The van der Waals surface area contributed by atoms with Gasteiger partial charge in [-0.25, -0.2) is 13.2 Å². The van der Waals surface area contributed by atoms with Crippen molar-refractivity contribution in [2.24, 2.45) is 0 Å². The predicted molar refractivity (Wildman–Crippen MR) is 97.4 cm³/mol. The fourth-order valence-electron chi connectivity index (χ4n) is 2.32. The maximum Gasteiger partial charge on any atom is 0.343 e. The Hall–Kier alpha value is -2.18. The topological polar surface area (TPSA) is 63.7 Å². The molecule has 0 saturated heterocycles. The molecule has 0 radical (unpaired) electrons. The minimum atomic E-state index is -3.57. The van der Waals surface area contributed by atoms with Crippen LogP contribution < -0.4 is 4.74 Å². The highest BCUT2D eigenvalue weighted by Gasteiger charge is 2.23. The summed E-state index contributed by atoms with van der Waals surface area (Å²) < 4.78 is 31.7. The standard InChI is InChI=1S/C19H23NO4S/c1-13(2)20(5)25(22,23)17-11-9-16(10-12-17)19(21)24-18-14(3)7-6-8-15(18)4/h6-13H,1-5H3. The van der Waals surface area contributed by atoms with Crippen LogP contribution in [0.2, 0.25) is 0 Å². The van der Waals surface area contributed by atoms with Gasteiger partial charge in [0.1, 0.15) is 5.75 Å². The van der Waals surface area contributed by atoms with Crippen LogP contribution in [-0.2, 0) is 10.0 Å². The van der Waals surface area contributed by atoms with E-state index in [1.165, 1.54) is 35.6 Å². The molecule has 0 aliphatic rings. The third-order valence-corrected chi connectivity index (χ3v) is 6.15. The first-order chi connectivity index (χ1) is 11.6. The SMILES string of the molecule is Cc1cccc(C)c1OC(=O)c1ccc(S(=O)(=O)N(C)C(C)C)cc1. The van der Waals surface area contributed by atoms with E-state index in [0.717, 1.165) is 11.1 Å². The number of benzene rings is 2. The van der Waals surface area contributed by atoms with Gasteiger partial charge in [-0.15, -0.1) is 0 Å². The van der Waals surface area contributed by atoms with Gasteiger partial charge in [0.15, 0.2) is 0 Å². The van der Waals surface area contributed by atoms with E-state index >= 15 is 0 Å².